The van der Waals surface area contributed by atoms with Crippen LogP contribution >= 0.6 is 11.8 Å². The number of hydrogen-bond donors (Lipinski definition) is 2. The summed E-state index contributed by atoms with van der Waals surface area (Å²) < 4.78 is 0. The number of hydrogen-bond acceptors (Lipinski definition) is 3. The second kappa shape index (κ2) is 5.78. The fourth-order valence-corrected chi connectivity index (χ4v) is 3.79. The minimum absolute atomic E-state index is 0.145. The third-order valence-corrected chi connectivity index (χ3v) is 4.77. The van der Waals surface area contributed by atoms with E-state index in [0.29, 0.717) is 18.6 Å². The van der Waals surface area contributed by atoms with E-state index in [0.717, 1.165) is 30.6 Å². The molecular formula is C13H19NO3S. The molecule has 1 amide bonds. The molecule has 0 spiro atoms. The molecule has 1 fully saturated rings. The normalized spacial score (nSPS) is 27.7. The second-order valence-corrected chi connectivity index (χ2v) is 6.13. The third kappa shape index (κ3) is 3.07. The Hall–Kier alpha value is -0.970. The van der Waals surface area contributed by atoms with E-state index in [1.54, 1.807) is 11.8 Å². The molecule has 0 aromatic rings. The van der Waals surface area contributed by atoms with Gasteiger partial charge in [-0.3, -0.25) is 4.79 Å². The van der Waals surface area contributed by atoms with Gasteiger partial charge in [0.2, 0.25) is 5.91 Å². The van der Waals surface area contributed by atoms with Crippen LogP contribution in [0, 0.1) is 0 Å². The highest BCUT2D eigenvalue weighted by Gasteiger charge is 2.43. The zero-order valence-corrected chi connectivity index (χ0v) is 11.2. The first-order valence-corrected chi connectivity index (χ1v) is 7.58. The van der Waals surface area contributed by atoms with Gasteiger partial charge in [0.1, 0.15) is 5.54 Å². The van der Waals surface area contributed by atoms with Crippen molar-refractivity contribution >= 4 is 23.6 Å². The largest absolute Gasteiger partial charge is 0.479 e. The molecule has 1 atom stereocenters. The van der Waals surface area contributed by atoms with Gasteiger partial charge in [-0.2, -0.15) is 11.8 Å². The lowest BCUT2D eigenvalue weighted by Gasteiger charge is -2.25. The first-order chi connectivity index (χ1) is 8.62. The van der Waals surface area contributed by atoms with Crippen molar-refractivity contribution in [3.05, 3.63) is 11.6 Å². The molecule has 1 saturated heterocycles. The van der Waals surface area contributed by atoms with Gasteiger partial charge in [-0.25, -0.2) is 4.79 Å². The number of allylic oxidation sites excluding steroid dienone is 1. The van der Waals surface area contributed by atoms with Crippen LogP contribution in [0.3, 0.4) is 0 Å². The molecule has 1 aliphatic heterocycles. The molecule has 2 rings (SSSR count). The van der Waals surface area contributed by atoms with E-state index in [9.17, 15) is 14.7 Å². The lowest BCUT2D eigenvalue weighted by atomic mass is 9.95. The summed E-state index contributed by atoms with van der Waals surface area (Å²) in [6.45, 7) is 0. The Labute approximate surface area is 111 Å². The number of rotatable bonds is 4. The van der Waals surface area contributed by atoms with Crippen molar-refractivity contribution in [1.82, 2.24) is 5.32 Å². The van der Waals surface area contributed by atoms with E-state index >= 15 is 0 Å². The fraction of sp³-hybridized carbons (Fsp3) is 0.692. The predicted octanol–water partition coefficient (Wildman–Crippen LogP) is 1.95. The highest BCUT2D eigenvalue weighted by atomic mass is 32.2. The topological polar surface area (TPSA) is 66.4 Å². The Balaban J connectivity index is 1.93. The summed E-state index contributed by atoms with van der Waals surface area (Å²) in [4.78, 5) is 23.3. The third-order valence-electron chi connectivity index (χ3n) is 3.58. The molecule has 0 aromatic heterocycles. The molecule has 5 heteroatoms. The van der Waals surface area contributed by atoms with Crippen LogP contribution in [0.25, 0.3) is 0 Å². The quantitative estimate of drug-likeness (QED) is 0.766. The number of carboxylic acids is 1. The summed E-state index contributed by atoms with van der Waals surface area (Å²) >= 11 is 1.59. The zero-order valence-electron chi connectivity index (χ0n) is 10.4. The van der Waals surface area contributed by atoms with E-state index in [1.165, 1.54) is 6.42 Å². The molecule has 2 aliphatic rings. The van der Waals surface area contributed by atoms with Gasteiger partial charge < -0.3 is 10.4 Å². The van der Waals surface area contributed by atoms with Gasteiger partial charge in [0.25, 0.3) is 0 Å². The molecule has 1 aliphatic carbocycles. The first-order valence-electron chi connectivity index (χ1n) is 6.42. The highest BCUT2D eigenvalue weighted by molar-refractivity contribution is 7.99. The predicted molar refractivity (Wildman–Crippen MR) is 71.6 cm³/mol. The van der Waals surface area contributed by atoms with Crippen molar-refractivity contribution in [2.24, 2.45) is 0 Å². The fourth-order valence-electron chi connectivity index (χ4n) is 2.47. The van der Waals surface area contributed by atoms with Crippen molar-refractivity contribution in [1.29, 1.82) is 0 Å². The van der Waals surface area contributed by atoms with Gasteiger partial charge in [0.15, 0.2) is 0 Å². The Kier molecular flexibility index (Phi) is 4.32. The van der Waals surface area contributed by atoms with Gasteiger partial charge in [-0.05, 0) is 37.9 Å². The molecule has 4 nitrogen and oxygen atoms in total. The van der Waals surface area contributed by atoms with Crippen LogP contribution < -0.4 is 5.32 Å². The standard InChI is InChI=1S/C13H19NO3S/c15-11(8-10-4-2-1-3-5-10)14-13(12(16)17)6-7-18-9-13/h4H,1-3,5-9H2,(H,14,15)(H,16,17). The molecule has 0 bridgehead atoms. The number of amides is 1. The van der Waals surface area contributed by atoms with Crippen molar-refractivity contribution in [2.45, 2.75) is 44.1 Å². The first kappa shape index (κ1) is 13.5. The Morgan fingerprint density at radius 3 is 2.83 bits per heavy atom. The molecule has 0 radical (unpaired) electrons. The summed E-state index contributed by atoms with van der Waals surface area (Å²) in [6, 6.07) is 0. The smallest absolute Gasteiger partial charge is 0.330 e. The van der Waals surface area contributed by atoms with Crippen molar-refractivity contribution in [3.63, 3.8) is 0 Å². The highest BCUT2D eigenvalue weighted by Crippen LogP contribution is 2.29. The minimum atomic E-state index is -1.03. The maximum absolute atomic E-state index is 12.0. The number of carboxylic acid groups (broad SMARTS) is 1. The number of aliphatic carboxylic acids is 1. The van der Waals surface area contributed by atoms with Crippen molar-refractivity contribution in [3.8, 4) is 0 Å². The number of thioether (sulfide) groups is 1. The lowest BCUT2D eigenvalue weighted by molar-refractivity contribution is -0.146. The molecule has 0 saturated carbocycles. The lowest BCUT2D eigenvalue weighted by Crippen LogP contribution is -2.54. The van der Waals surface area contributed by atoms with E-state index in [1.807, 2.05) is 0 Å². The summed E-state index contributed by atoms with van der Waals surface area (Å²) in [5, 5.41) is 12.0. The zero-order chi connectivity index (χ0) is 13.0. The van der Waals surface area contributed by atoms with Crippen LogP contribution in [0.15, 0.2) is 11.6 Å². The van der Waals surface area contributed by atoms with Gasteiger partial charge >= 0.3 is 5.97 Å². The Bertz CT molecular complexity index is 372. The van der Waals surface area contributed by atoms with Gasteiger partial charge in [0, 0.05) is 12.2 Å². The molecule has 100 valence electrons. The maximum atomic E-state index is 12.0. The van der Waals surface area contributed by atoms with Crippen LogP contribution in [0.1, 0.15) is 38.5 Å². The summed E-state index contributed by atoms with van der Waals surface area (Å²) in [5.74, 6) is 0.231. The monoisotopic (exact) mass is 269 g/mol. The molecule has 0 aromatic carbocycles. The summed E-state index contributed by atoms with van der Waals surface area (Å²) in [7, 11) is 0. The van der Waals surface area contributed by atoms with Gasteiger partial charge in [0.05, 0.1) is 0 Å². The molecule has 1 unspecified atom stereocenters. The number of nitrogens with one attached hydrogen (secondary N) is 1. The summed E-state index contributed by atoms with van der Waals surface area (Å²) in [6.07, 6.45) is 7.36. The van der Waals surface area contributed by atoms with E-state index < -0.39 is 11.5 Å². The van der Waals surface area contributed by atoms with Crippen LogP contribution in [0.5, 0.6) is 0 Å². The molecule has 18 heavy (non-hydrogen) atoms. The molecular weight excluding hydrogens is 250 g/mol. The van der Waals surface area contributed by atoms with Crippen LogP contribution in [-0.2, 0) is 9.59 Å². The molecule has 2 N–H and O–H groups in total. The summed E-state index contributed by atoms with van der Waals surface area (Å²) in [5.41, 5.74) is 0.127. The Morgan fingerprint density at radius 1 is 1.44 bits per heavy atom. The van der Waals surface area contributed by atoms with E-state index in [-0.39, 0.29) is 5.91 Å². The molecule has 1 heterocycles. The number of carbonyl (C=O) groups is 2. The Morgan fingerprint density at radius 2 is 2.28 bits per heavy atom. The number of carbonyl (C=O) groups excluding carboxylic acids is 1. The van der Waals surface area contributed by atoms with Crippen LogP contribution in [-0.4, -0.2) is 34.0 Å². The van der Waals surface area contributed by atoms with Crippen molar-refractivity contribution < 1.29 is 14.7 Å². The maximum Gasteiger partial charge on any atom is 0.330 e. The van der Waals surface area contributed by atoms with Crippen LogP contribution in [0.2, 0.25) is 0 Å². The minimum Gasteiger partial charge on any atom is -0.479 e. The van der Waals surface area contributed by atoms with E-state index in [2.05, 4.69) is 11.4 Å². The average Bonchev–Trinajstić information content (AvgIpc) is 2.80. The van der Waals surface area contributed by atoms with Gasteiger partial charge in [-0.15, -0.1) is 0 Å². The van der Waals surface area contributed by atoms with Crippen molar-refractivity contribution in [2.75, 3.05) is 11.5 Å². The SMILES string of the molecule is O=C(CC1=CCCCC1)NC1(C(=O)O)CCSC1. The van der Waals surface area contributed by atoms with E-state index in [4.69, 9.17) is 0 Å². The van der Waals surface area contributed by atoms with Crippen LogP contribution in [0.4, 0.5) is 0 Å². The average molecular weight is 269 g/mol. The second-order valence-electron chi connectivity index (χ2n) is 5.02. The van der Waals surface area contributed by atoms with Gasteiger partial charge in [-0.1, -0.05) is 11.6 Å².